The van der Waals surface area contributed by atoms with Gasteiger partial charge in [0.15, 0.2) is 5.82 Å². The van der Waals surface area contributed by atoms with Crippen LogP contribution in [0.4, 0.5) is 0 Å². The smallest absolute Gasteiger partial charge is 0.152 e. The third kappa shape index (κ3) is 1.69. The fourth-order valence-corrected chi connectivity index (χ4v) is 1.95. The van der Waals surface area contributed by atoms with Crippen LogP contribution in [0.5, 0.6) is 0 Å². The molecule has 0 unspecified atom stereocenters. The molecule has 0 radical (unpaired) electrons. The number of fused-ring (bicyclic) bond motifs is 1. The second kappa shape index (κ2) is 3.56. The van der Waals surface area contributed by atoms with E-state index < -0.39 is 0 Å². The van der Waals surface area contributed by atoms with Crippen molar-refractivity contribution in [2.45, 2.75) is 13.8 Å². The largest absolute Gasteiger partial charge is 0.312 e. The van der Waals surface area contributed by atoms with E-state index in [4.69, 9.17) is 16.9 Å². The molecular weight excluding hydrogens is 210 g/mol. The number of halogens is 1. The van der Waals surface area contributed by atoms with Gasteiger partial charge in [-0.2, -0.15) is 5.26 Å². The third-order valence-electron chi connectivity index (χ3n) is 2.28. The van der Waals surface area contributed by atoms with Crippen LogP contribution in [-0.2, 0) is 0 Å². The van der Waals surface area contributed by atoms with E-state index in [1.807, 2.05) is 24.8 Å². The second-order valence-electron chi connectivity index (χ2n) is 3.65. The number of nitrogens with zero attached hydrogens (tertiary/aromatic N) is 3. The van der Waals surface area contributed by atoms with Gasteiger partial charge in [-0.25, -0.2) is 4.99 Å². The van der Waals surface area contributed by atoms with Crippen LogP contribution in [0.1, 0.15) is 13.8 Å². The quantitative estimate of drug-likeness (QED) is 0.588. The Morgan fingerprint density at radius 2 is 2.20 bits per heavy atom. The lowest BCUT2D eigenvalue weighted by Crippen LogP contribution is -2.28. The lowest BCUT2D eigenvalue weighted by Gasteiger charge is -2.30. The summed E-state index contributed by atoms with van der Waals surface area (Å²) >= 11 is 6.11. The fourth-order valence-electron chi connectivity index (χ4n) is 1.66. The van der Waals surface area contributed by atoms with Crippen molar-refractivity contribution in [3.63, 3.8) is 0 Å². The highest BCUT2D eigenvalue weighted by Gasteiger charge is 2.23. The summed E-state index contributed by atoms with van der Waals surface area (Å²) in [6.45, 7) is 4.54. The molecule has 0 bridgehead atoms. The van der Waals surface area contributed by atoms with E-state index in [9.17, 15) is 0 Å². The first-order valence-corrected chi connectivity index (χ1v) is 5.01. The van der Waals surface area contributed by atoms with Crippen LogP contribution in [0, 0.1) is 11.3 Å². The Hall–Kier alpha value is -1.53. The average Bonchev–Trinajstić information content (AvgIpc) is 2.18. The summed E-state index contributed by atoms with van der Waals surface area (Å²) in [5, 5.41) is 9.63. The number of hydrogen-bond acceptors (Lipinski definition) is 3. The standard InChI is InChI=1S/C11H10ClN3/c1-7-3-9(5-13)11-14-8(2)4-10(12)15(11)6-7/h3-4H,6H2,1-2H3. The zero-order chi connectivity index (χ0) is 11.0. The molecule has 4 heteroatoms. The topological polar surface area (TPSA) is 39.4 Å². The van der Waals surface area contributed by atoms with Gasteiger partial charge in [0.2, 0.25) is 0 Å². The molecule has 0 saturated heterocycles. The Bertz CT molecular complexity index is 475. The minimum Gasteiger partial charge on any atom is -0.312 e. The first-order chi connectivity index (χ1) is 7.11. The van der Waals surface area contributed by atoms with Crippen molar-refractivity contribution in [2.75, 3.05) is 6.54 Å². The zero-order valence-electron chi connectivity index (χ0n) is 8.58. The van der Waals surface area contributed by atoms with Gasteiger partial charge in [0.05, 0.1) is 5.57 Å². The Labute approximate surface area is 93.7 Å². The highest BCUT2D eigenvalue weighted by Crippen LogP contribution is 2.30. The molecule has 0 aromatic carbocycles. The summed E-state index contributed by atoms with van der Waals surface area (Å²) in [6, 6.07) is 2.14. The summed E-state index contributed by atoms with van der Waals surface area (Å²) in [4.78, 5) is 6.19. The van der Waals surface area contributed by atoms with Crippen molar-refractivity contribution in [2.24, 2.45) is 4.99 Å². The Kier molecular flexibility index (Phi) is 2.37. The molecule has 2 aliphatic heterocycles. The number of nitriles is 1. The van der Waals surface area contributed by atoms with Crippen molar-refractivity contribution in [3.8, 4) is 6.07 Å². The van der Waals surface area contributed by atoms with Gasteiger partial charge < -0.3 is 4.90 Å². The Morgan fingerprint density at radius 1 is 1.47 bits per heavy atom. The van der Waals surface area contributed by atoms with E-state index in [2.05, 4.69) is 11.1 Å². The van der Waals surface area contributed by atoms with Crippen LogP contribution in [-0.4, -0.2) is 17.2 Å². The Morgan fingerprint density at radius 3 is 2.87 bits per heavy atom. The van der Waals surface area contributed by atoms with Crippen LogP contribution in [0.25, 0.3) is 0 Å². The van der Waals surface area contributed by atoms with Gasteiger partial charge in [-0.05, 0) is 26.0 Å². The third-order valence-corrected chi connectivity index (χ3v) is 2.60. The molecular formula is C11H10ClN3. The molecule has 0 saturated carbocycles. The summed E-state index contributed by atoms with van der Waals surface area (Å²) in [6.07, 6.45) is 3.66. The van der Waals surface area contributed by atoms with Gasteiger partial charge in [0, 0.05) is 12.3 Å². The van der Waals surface area contributed by atoms with Gasteiger partial charge in [0.25, 0.3) is 0 Å². The van der Waals surface area contributed by atoms with Gasteiger partial charge >= 0.3 is 0 Å². The van der Waals surface area contributed by atoms with Crippen molar-refractivity contribution in [3.05, 3.63) is 34.3 Å². The number of aliphatic imine (C=N–C) groups is 1. The predicted molar refractivity (Wildman–Crippen MR) is 60.1 cm³/mol. The summed E-state index contributed by atoms with van der Waals surface area (Å²) in [5.74, 6) is 0.660. The maximum absolute atomic E-state index is 9.01. The minimum atomic E-state index is 0.573. The molecule has 2 rings (SSSR count). The van der Waals surface area contributed by atoms with Crippen LogP contribution in [0.15, 0.2) is 39.3 Å². The van der Waals surface area contributed by atoms with E-state index in [0.29, 0.717) is 23.1 Å². The van der Waals surface area contributed by atoms with Crippen molar-refractivity contribution in [1.82, 2.24) is 4.90 Å². The molecule has 0 fully saturated rings. The number of rotatable bonds is 0. The molecule has 0 aromatic rings. The molecule has 0 amide bonds. The summed E-state index contributed by atoms with van der Waals surface area (Å²) < 4.78 is 0. The lowest BCUT2D eigenvalue weighted by atomic mass is 10.1. The Balaban J connectivity index is 2.58. The minimum absolute atomic E-state index is 0.573. The van der Waals surface area contributed by atoms with Gasteiger partial charge in [0.1, 0.15) is 11.2 Å². The highest BCUT2D eigenvalue weighted by atomic mass is 35.5. The van der Waals surface area contributed by atoms with Crippen molar-refractivity contribution < 1.29 is 0 Å². The average molecular weight is 220 g/mol. The van der Waals surface area contributed by atoms with E-state index in [1.165, 1.54) is 0 Å². The molecule has 0 spiro atoms. The van der Waals surface area contributed by atoms with E-state index in [0.717, 1.165) is 11.3 Å². The fraction of sp³-hybridized carbons (Fsp3) is 0.273. The van der Waals surface area contributed by atoms with Gasteiger partial charge in [-0.3, -0.25) is 0 Å². The van der Waals surface area contributed by atoms with E-state index in [-0.39, 0.29) is 0 Å². The predicted octanol–water partition coefficient (Wildman–Crippen LogP) is 2.54. The van der Waals surface area contributed by atoms with Crippen LogP contribution in [0.3, 0.4) is 0 Å². The molecule has 3 nitrogen and oxygen atoms in total. The van der Waals surface area contributed by atoms with Crippen LogP contribution in [0.2, 0.25) is 0 Å². The second-order valence-corrected chi connectivity index (χ2v) is 4.03. The normalized spacial score (nSPS) is 20.1. The van der Waals surface area contributed by atoms with Crippen molar-refractivity contribution >= 4 is 17.3 Å². The van der Waals surface area contributed by atoms with E-state index in [1.54, 1.807) is 6.08 Å². The van der Waals surface area contributed by atoms with E-state index >= 15 is 0 Å². The van der Waals surface area contributed by atoms with Crippen LogP contribution < -0.4 is 0 Å². The molecule has 2 aliphatic rings. The highest BCUT2D eigenvalue weighted by molar-refractivity contribution is 6.31. The first kappa shape index (κ1) is 10.0. The first-order valence-electron chi connectivity index (χ1n) is 4.63. The zero-order valence-corrected chi connectivity index (χ0v) is 9.34. The molecule has 0 aromatic heterocycles. The van der Waals surface area contributed by atoms with Crippen molar-refractivity contribution in [1.29, 1.82) is 5.26 Å². The molecule has 0 N–H and O–H groups in total. The number of allylic oxidation sites excluding steroid dienone is 3. The molecule has 76 valence electrons. The molecule has 0 aliphatic carbocycles. The monoisotopic (exact) mass is 219 g/mol. The SMILES string of the molecule is CC1=CC(C#N)=C2N=C(C)C=C(Cl)N2C1. The maximum atomic E-state index is 9.01. The molecule has 2 heterocycles. The van der Waals surface area contributed by atoms with Gasteiger partial charge in [-0.1, -0.05) is 17.2 Å². The summed E-state index contributed by atoms with van der Waals surface area (Å²) in [7, 11) is 0. The van der Waals surface area contributed by atoms with Crippen LogP contribution >= 0.6 is 11.6 Å². The molecule has 15 heavy (non-hydrogen) atoms. The maximum Gasteiger partial charge on any atom is 0.152 e. The summed E-state index contributed by atoms with van der Waals surface area (Å²) in [5.41, 5.74) is 2.51. The number of hydrogen-bond donors (Lipinski definition) is 0. The lowest BCUT2D eigenvalue weighted by molar-refractivity contribution is 0.470. The van der Waals surface area contributed by atoms with Gasteiger partial charge in [-0.15, -0.1) is 0 Å². The molecule has 0 atom stereocenters.